The van der Waals surface area contributed by atoms with E-state index in [1.54, 1.807) is 26.2 Å². The molecule has 0 unspecified atom stereocenters. The zero-order valence-corrected chi connectivity index (χ0v) is 34.4. The molecule has 2 heterocycles. The maximum Gasteiger partial charge on any atom is 0.245 e. The molecule has 13 heteroatoms. The van der Waals surface area contributed by atoms with Gasteiger partial charge in [-0.25, -0.2) is 0 Å². The van der Waals surface area contributed by atoms with Crippen molar-refractivity contribution < 1.29 is 33.9 Å². The SMILES string of the molecule is CC(C)C[C@@H]1NC(=O)[C@H](Cc2ccc(O)cc2)N(C)C(=O)[C@@H]2CCCN2C(=O)[C@H](CC(C)C)NC(=O)[C@H](CC(C)C)N(C)C(=O)[C@@H](CC(C)C)N(C)C1=O. The molecule has 2 aliphatic rings. The zero-order chi connectivity index (χ0) is 40.6. The number of phenolic OH excluding ortho intramolecular Hbond substituents is 1. The number of aromatic hydroxyl groups is 1. The zero-order valence-electron chi connectivity index (χ0n) is 34.4. The minimum Gasteiger partial charge on any atom is -0.508 e. The van der Waals surface area contributed by atoms with Crippen molar-refractivity contribution in [2.75, 3.05) is 27.7 Å². The smallest absolute Gasteiger partial charge is 0.245 e. The van der Waals surface area contributed by atoms with E-state index in [1.165, 1.54) is 38.8 Å². The fraction of sp³-hybridized carbons (Fsp3) is 0.707. The van der Waals surface area contributed by atoms with Gasteiger partial charge in [0.15, 0.2) is 0 Å². The molecule has 0 spiro atoms. The maximum atomic E-state index is 14.5. The van der Waals surface area contributed by atoms with Crippen LogP contribution in [0.1, 0.15) is 99.5 Å². The number of likely N-dealkylation sites (N-methyl/N-ethyl adjacent to an activating group) is 3. The predicted molar refractivity (Wildman–Crippen MR) is 208 cm³/mol. The summed E-state index contributed by atoms with van der Waals surface area (Å²) in [6.45, 7) is 15.9. The molecule has 1 aromatic carbocycles. The van der Waals surface area contributed by atoms with E-state index in [1.807, 2.05) is 55.4 Å². The van der Waals surface area contributed by atoms with E-state index in [2.05, 4.69) is 10.6 Å². The number of phenols is 1. The Labute approximate surface area is 322 Å². The number of fused-ring (bicyclic) bond motifs is 1. The first-order valence-corrected chi connectivity index (χ1v) is 19.7. The lowest BCUT2D eigenvalue weighted by Crippen LogP contribution is -2.62. The monoisotopic (exact) mass is 754 g/mol. The molecule has 6 amide bonds. The predicted octanol–water partition coefficient (Wildman–Crippen LogP) is 3.57. The van der Waals surface area contributed by atoms with Crippen LogP contribution in [0.2, 0.25) is 0 Å². The van der Waals surface area contributed by atoms with Crippen LogP contribution < -0.4 is 10.6 Å². The van der Waals surface area contributed by atoms with Crippen molar-refractivity contribution >= 4 is 35.4 Å². The lowest BCUT2D eigenvalue weighted by molar-refractivity contribution is -0.152. The van der Waals surface area contributed by atoms with Gasteiger partial charge in [-0.3, -0.25) is 28.8 Å². The van der Waals surface area contributed by atoms with Crippen LogP contribution in [0.4, 0.5) is 0 Å². The molecule has 0 bridgehead atoms. The van der Waals surface area contributed by atoms with E-state index in [4.69, 9.17) is 0 Å². The highest BCUT2D eigenvalue weighted by Crippen LogP contribution is 2.25. The third-order valence-corrected chi connectivity index (χ3v) is 10.6. The van der Waals surface area contributed by atoms with Gasteiger partial charge in [0, 0.05) is 34.1 Å². The van der Waals surface area contributed by atoms with E-state index in [-0.39, 0.29) is 48.2 Å². The molecule has 0 saturated carbocycles. The Balaban J connectivity index is 2.23. The van der Waals surface area contributed by atoms with Gasteiger partial charge in [-0.05, 0) is 79.9 Å². The first-order chi connectivity index (χ1) is 25.2. The summed E-state index contributed by atoms with van der Waals surface area (Å²) in [4.78, 5) is 92.2. The van der Waals surface area contributed by atoms with Gasteiger partial charge in [0.05, 0.1) is 0 Å². The second-order valence-corrected chi connectivity index (χ2v) is 17.1. The van der Waals surface area contributed by atoms with Gasteiger partial charge in [-0.2, -0.15) is 0 Å². The second-order valence-electron chi connectivity index (χ2n) is 17.1. The number of hydrogen-bond acceptors (Lipinski definition) is 7. The molecule has 0 aliphatic carbocycles. The molecule has 54 heavy (non-hydrogen) atoms. The van der Waals surface area contributed by atoms with Gasteiger partial charge >= 0.3 is 0 Å². The molecule has 6 atom stereocenters. The molecule has 0 aromatic heterocycles. The summed E-state index contributed by atoms with van der Waals surface area (Å²) in [5.41, 5.74) is 0.680. The van der Waals surface area contributed by atoms with Gasteiger partial charge in [-0.15, -0.1) is 0 Å². The van der Waals surface area contributed by atoms with Gasteiger partial charge in [0.2, 0.25) is 35.4 Å². The number of carbonyl (C=O) groups is 6. The quantitative estimate of drug-likeness (QED) is 0.330. The minimum absolute atomic E-state index is 0.00627. The number of amides is 6. The van der Waals surface area contributed by atoms with E-state index >= 15 is 0 Å². The van der Waals surface area contributed by atoms with Gasteiger partial charge < -0.3 is 35.3 Å². The van der Waals surface area contributed by atoms with Gasteiger partial charge in [0.1, 0.15) is 42.0 Å². The average molecular weight is 755 g/mol. The van der Waals surface area contributed by atoms with Crippen LogP contribution in [0.5, 0.6) is 5.75 Å². The Morgan fingerprint density at radius 1 is 0.593 bits per heavy atom. The highest BCUT2D eigenvalue weighted by atomic mass is 16.3. The van der Waals surface area contributed by atoms with Crippen molar-refractivity contribution in [1.29, 1.82) is 0 Å². The summed E-state index contributed by atoms with van der Waals surface area (Å²) in [6, 6.07) is 0.587. The molecule has 13 nitrogen and oxygen atoms in total. The summed E-state index contributed by atoms with van der Waals surface area (Å²) in [6.07, 6.45) is 2.26. The summed E-state index contributed by atoms with van der Waals surface area (Å²) >= 11 is 0. The van der Waals surface area contributed by atoms with Crippen LogP contribution in [0.3, 0.4) is 0 Å². The van der Waals surface area contributed by atoms with E-state index in [9.17, 15) is 33.9 Å². The number of rotatable bonds is 10. The van der Waals surface area contributed by atoms with Crippen molar-refractivity contribution in [2.24, 2.45) is 23.7 Å². The maximum absolute atomic E-state index is 14.5. The number of benzene rings is 1. The van der Waals surface area contributed by atoms with Crippen LogP contribution in [0, 0.1) is 23.7 Å². The van der Waals surface area contributed by atoms with Crippen molar-refractivity contribution in [3.05, 3.63) is 29.8 Å². The summed E-state index contributed by atoms with van der Waals surface area (Å²) in [5, 5.41) is 15.9. The molecule has 3 N–H and O–H groups in total. The number of carbonyl (C=O) groups excluding carboxylic acids is 6. The Morgan fingerprint density at radius 3 is 1.56 bits per heavy atom. The Morgan fingerprint density at radius 2 is 1.04 bits per heavy atom. The van der Waals surface area contributed by atoms with Crippen LogP contribution >= 0.6 is 0 Å². The van der Waals surface area contributed by atoms with Crippen LogP contribution in [0.25, 0.3) is 0 Å². The second kappa shape index (κ2) is 19.4. The van der Waals surface area contributed by atoms with Gasteiger partial charge in [0.25, 0.3) is 0 Å². The molecular weight excluding hydrogens is 688 g/mol. The normalized spacial score (nSPS) is 25.8. The first kappa shape index (κ1) is 44.2. The molecule has 302 valence electrons. The van der Waals surface area contributed by atoms with Gasteiger partial charge in [-0.1, -0.05) is 67.5 Å². The van der Waals surface area contributed by atoms with Crippen LogP contribution in [-0.4, -0.2) is 124 Å². The van der Waals surface area contributed by atoms with Crippen molar-refractivity contribution in [3.63, 3.8) is 0 Å². The molecule has 2 saturated heterocycles. The third-order valence-electron chi connectivity index (χ3n) is 10.6. The fourth-order valence-corrected chi connectivity index (χ4v) is 7.61. The molecule has 1 aromatic rings. The summed E-state index contributed by atoms with van der Waals surface area (Å²) < 4.78 is 0. The molecule has 3 rings (SSSR count). The summed E-state index contributed by atoms with van der Waals surface area (Å²) in [7, 11) is 4.67. The molecular formula is C41H66N6O7. The highest BCUT2D eigenvalue weighted by molar-refractivity contribution is 5.98. The van der Waals surface area contributed by atoms with E-state index in [0.29, 0.717) is 44.2 Å². The number of nitrogens with zero attached hydrogens (tertiary/aromatic N) is 4. The molecule has 2 aliphatic heterocycles. The highest BCUT2D eigenvalue weighted by Gasteiger charge is 2.44. The molecule has 2 fully saturated rings. The lowest BCUT2D eigenvalue weighted by Gasteiger charge is -2.39. The summed E-state index contributed by atoms with van der Waals surface area (Å²) in [5.74, 6) is -2.57. The van der Waals surface area contributed by atoms with Crippen molar-refractivity contribution in [1.82, 2.24) is 30.2 Å². The number of hydrogen-bond donors (Lipinski definition) is 3. The minimum atomic E-state index is -1.08. The fourth-order valence-electron chi connectivity index (χ4n) is 7.61. The average Bonchev–Trinajstić information content (AvgIpc) is 3.59. The first-order valence-electron chi connectivity index (χ1n) is 19.7. The van der Waals surface area contributed by atoms with Crippen LogP contribution in [-0.2, 0) is 35.2 Å². The van der Waals surface area contributed by atoms with Crippen molar-refractivity contribution in [2.45, 2.75) is 137 Å². The van der Waals surface area contributed by atoms with E-state index < -0.39 is 65.8 Å². The molecule has 0 radical (unpaired) electrons. The standard InChI is InChI=1S/C41H66N6O7/c1-24(2)19-30-38(51)46(11)35(22-27(7)8)41(54)44(9)33(21-26(5)6)36(49)43-31(20-25(3)4)39(52)47-18-12-13-32(47)40(53)45(10)34(37(50)42-30)23-28-14-16-29(48)17-15-28/h14-17,24-27,30-35,48H,12-13,18-23H2,1-11H3,(H,42,50)(H,43,49)/t30-,31-,32-,33-,34-,35+/m0/s1. The third kappa shape index (κ3) is 11.4. The van der Waals surface area contributed by atoms with E-state index in [0.717, 1.165) is 0 Å². The number of nitrogens with one attached hydrogen (secondary N) is 2. The topological polar surface area (TPSA) is 160 Å². The van der Waals surface area contributed by atoms with Crippen LogP contribution in [0.15, 0.2) is 24.3 Å². The lowest BCUT2D eigenvalue weighted by atomic mass is 9.95. The largest absolute Gasteiger partial charge is 0.508 e. The Kier molecular flexibility index (Phi) is 15.9. The Hall–Kier alpha value is -4.16. The van der Waals surface area contributed by atoms with Crippen molar-refractivity contribution in [3.8, 4) is 5.75 Å². The Bertz CT molecular complexity index is 1480.